The van der Waals surface area contributed by atoms with E-state index in [-0.39, 0.29) is 0 Å². The molecule has 0 atom stereocenters. The van der Waals surface area contributed by atoms with Crippen molar-refractivity contribution < 1.29 is 4.74 Å². The molecule has 6 heteroatoms. The first-order valence-corrected chi connectivity index (χ1v) is 9.06. The maximum absolute atomic E-state index is 5.30. The summed E-state index contributed by atoms with van der Waals surface area (Å²) in [6.07, 6.45) is 3.68. The molecular formula is C20H18N4OS. The lowest BCUT2D eigenvalue weighted by molar-refractivity contribution is 0.415. The first-order chi connectivity index (χ1) is 12.8. The molecule has 0 aliphatic heterocycles. The van der Waals surface area contributed by atoms with Gasteiger partial charge in [-0.25, -0.2) is 4.68 Å². The predicted molar refractivity (Wildman–Crippen MR) is 107 cm³/mol. The highest BCUT2D eigenvalue weighted by molar-refractivity contribution is 7.07. The van der Waals surface area contributed by atoms with E-state index in [0.717, 1.165) is 38.3 Å². The second-order valence-electron chi connectivity index (χ2n) is 5.74. The summed E-state index contributed by atoms with van der Waals surface area (Å²) in [5, 5.41) is 9.00. The minimum atomic E-state index is 0.845. The van der Waals surface area contributed by atoms with Crippen molar-refractivity contribution in [2.24, 2.45) is 10.1 Å². The number of H-pyrrole nitrogens is 1. The third-order valence-corrected chi connectivity index (χ3v) is 5.06. The molecule has 0 radical (unpaired) electrons. The van der Waals surface area contributed by atoms with Crippen molar-refractivity contribution in [2.75, 3.05) is 14.2 Å². The summed E-state index contributed by atoms with van der Waals surface area (Å²) < 4.78 is 7.18. The van der Waals surface area contributed by atoms with E-state index in [4.69, 9.17) is 4.74 Å². The SMILES string of the molecule is CN=c1scc(-c2ccc3cc(OC)ccc3c2)n1N=Cc1ccc[nH]1. The number of thiazole rings is 1. The number of nitrogens with zero attached hydrogens (tertiary/aromatic N) is 3. The molecule has 4 aromatic rings. The topological polar surface area (TPSA) is 54.7 Å². The van der Waals surface area contributed by atoms with Crippen LogP contribution in [-0.2, 0) is 0 Å². The van der Waals surface area contributed by atoms with Crippen molar-refractivity contribution in [3.63, 3.8) is 0 Å². The van der Waals surface area contributed by atoms with Gasteiger partial charge in [-0.05, 0) is 41.1 Å². The van der Waals surface area contributed by atoms with E-state index in [1.807, 2.05) is 35.1 Å². The van der Waals surface area contributed by atoms with Crippen LogP contribution in [0.1, 0.15) is 5.69 Å². The molecule has 2 aromatic heterocycles. The maximum Gasteiger partial charge on any atom is 0.205 e. The standard InChI is InChI=1S/C20H18N4OS/c1-21-20-24(23-12-17-4-3-9-22-17)19(13-26-20)16-6-5-15-11-18(25-2)8-7-14(15)10-16/h3-13,22H,1-2H3. The van der Waals surface area contributed by atoms with E-state index in [1.54, 1.807) is 31.7 Å². The molecule has 2 aromatic carbocycles. The van der Waals surface area contributed by atoms with E-state index in [1.165, 1.54) is 0 Å². The van der Waals surface area contributed by atoms with Gasteiger partial charge in [0.25, 0.3) is 0 Å². The molecule has 26 heavy (non-hydrogen) atoms. The Kier molecular flexibility index (Phi) is 4.41. The highest BCUT2D eigenvalue weighted by Gasteiger charge is 2.08. The number of nitrogens with one attached hydrogen (secondary N) is 1. The molecule has 0 saturated carbocycles. The first kappa shape index (κ1) is 16.4. The van der Waals surface area contributed by atoms with Gasteiger partial charge in [0.05, 0.1) is 24.7 Å². The zero-order valence-electron chi connectivity index (χ0n) is 14.5. The number of ether oxygens (including phenoxy) is 1. The van der Waals surface area contributed by atoms with Gasteiger partial charge in [0.15, 0.2) is 0 Å². The largest absolute Gasteiger partial charge is 0.497 e. The fourth-order valence-corrected chi connectivity index (χ4v) is 3.62. The summed E-state index contributed by atoms with van der Waals surface area (Å²) in [6, 6.07) is 16.4. The lowest BCUT2D eigenvalue weighted by Gasteiger charge is -2.07. The minimum absolute atomic E-state index is 0.845. The van der Waals surface area contributed by atoms with Crippen molar-refractivity contribution in [2.45, 2.75) is 0 Å². The Morgan fingerprint density at radius 1 is 1.12 bits per heavy atom. The Labute approximate surface area is 154 Å². The average Bonchev–Trinajstić information content (AvgIpc) is 3.34. The molecule has 130 valence electrons. The van der Waals surface area contributed by atoms with Gasteiger partial charge < -0.3 is 9.72 Å². The summed E-state index contributed by atoms with van der Waals surface area (Å²) in [4.78, 5) is 8.32. The Bertz CT molecular complexity index is 1140. The van der Waals surface area contributed by atoms with Crippen LogP contribution in [0.4, 0.5) is 0 Å². The van der Waals surface area contributed by atoms with Gasteiger partial charge in [0, 0.05) is 24.2 Å². The number of hydrogen-bond donors (Lipinski definition) is 1. The molecule has 0 fully saturated rings. The number of fused-ring (bicyclic) bond motifs is 1. The van der Waals surface area contributed by atoms with Crippen LogP contribution in [-0.4, -0.2) is 30.0 Å². The molecule has 1 N–H and O–H groups in total. The van der Waals surface area contributed by atoms with Crippen LogP contribution in [0.2, 0.25) is 0 Å². The summed E-state index contributed by atoms with van der Waals surface area (Å²) >= 11 is 1.57. The average molecular weight is 362 g/mol. The Hall–Kier alpha value is -3.12. The van der Waals surface area contributed by atoms with Gasteiger partial charge in [-0.3, -0.25) is 4.99 Å². The van der Waals surface area contributed by atoms with E-state index in [0.29, 0.717) is 0 Å². The minimum Gasteiger partial charge on any atom is -0.497 e. The van der Waals surface area contributed by atoms with E-state index >= 15 is 0 Å². The van der Waals surface area contributed by atoms with Gasteiger partial charge in [0.1, 0.15) is 5.75 Å². The Morgan fingerprint density at radius 2 is 1.96 bits per heavy atom. The maximum atomic E-state index is 5.30. The highest BCUT2D eigenvalue weighted by atomic mass is 32.1. The molecule has 0 aliphatic rings. The number of methoxy groups -OCH3 is 1. The monoisotopic (exact) mass is 362 g/mol. The lowest BCUT2D eigenvalue weighted by Crippen LogP contribution is -2.11. The number of aromatic nitrogens is 2. The highest BCUT2D eigenvalue weighted by Crippen LogP contribution is 2.27. The van der Waals surface area contributed by atoms with Crippen LogP contribution in [0.15, 0.2) is 70.2 Å². The zero-order chi connectivity index (χ0) is 17.9. The normalized spacial score (nSPS) is 12.3. The zero-order valence-corrected chi connectivity index (χ0v) is 15.3. The number of rotatable bonds is 4. The van der Waals surface area contributed by atoms with Crippen molar-refractivity contribution in [1.29, 1.82) is 0 Å². The predicted octanol–water partition coefficient (Wildman–Crippen LogP) is 4.12. The number of aromatic amines is 1. The first-order valence-electron chi connectivity index (χ1n) is 8.18. The fourth-order valence-electron chi connectivity index (χ4n) is 2.82. The third-order valence-electron chi connectivity index (χ3n) is 4.15. The summed E-state index contributed by atoms with van der Waals surface area (Å²) in [5.74, 6) is 0.860. The van der Waals surface area contributed by atoms with Crippen molar-refractivity contribution >= 4 is 28.3 Å². The van der Waals surface area contributed by atoms with Crippen LogP contribution < -0.4 is 9.54 Å². The molecule has 0 aliphatic carbocycles. The second-order valence-corrected chi connectivity index (χ2v) is 6.57. The van der Waals surface area contributed by atoms with Crippen LogP contribution in [0.25, 0.3) is 22.0 Å². The molecular weight excluding hydrogens is 344 g/mol. The lowest BCUT2D eigenvalue weighted by atomic mass is 10.1. The number of hydrogen-bond acceptors (Lipinski definition) is 4. The molecule has 0 spiro atoms. The Morgan fingerprint density at radius 3 is 2.73 bits per heavy atom. The van der Waals surface area contributed by atoms with Crippen LogP contribution in [0, 0.1) is 0 Å². The van der Waals surface area contributed by atoms with Crippen LogP contribution >= 0.6 is 11.3 Å². The summed E-state index contributed by atoms with van der Waals surface area (Å²) in [7, 11) is 3.46. The third kappa shape index (κ3) is 3.07. The number of benzene rings is 2. The van der Waals surface area contributed by atoms with Gasteiger partial charge in [-0.2, -0.15) is 5.10 Å². The molecule has 0 bridgehead atoms. The summed E-state index contributed by atoms with van der Waals surface area (Å²) in [5.41, 5.74) is 3.05. The van der Waals surface area contributed by atoms with Crippen molar-refractivity contribution in [1.82, 2.24) is 9.66 Å². The van der Waals surface area contributed by atoms with Crippen LogP contribution in [0.3, 0.4) is 0 Å². The molecule has 4 rings (SSSR count). The van der Waals surface area contributed by atoms with Gasteiger partial charge in [-0.15, -0.1) is 11.3 Å². The van der Waals surface area contributed by atoms with E-state index < -0.39 is 0 Å². The van der Waals surface area contributed by atoms with Crippen molar-refractivity contribution in [3.8, 4) is 17.0 Å². The summed E-state index contributed by atoms with van der Waals surface area (Å²) in [6.45, 7) is 0. The van der Waals surface area contributed by atoms with Gasteiger partial charge in [-0.1, -0.05) is 18.2 Å². The van der Waals surface area contributed by atoms with Gasteiger partial charge in [0.2, 0.25) is 4.80 Å². The van der Waals surface area contributed by atoms with Crippen molar-refractivity contribution in [3.05, 3.63) is 70.6 Å². The van der Waals surface area contributed by atoms with E-state index in [9.17, 15) is 0 Å². The fraction of sp³-hybridized carbons (Fsp3) is 0.100. The molecule has 0 amide bonds. The van der Waals surface area contributed by atoms with E-state index in [2.05, 4.69) is 44.7 Å². The molecule has 0 saturated heterocycles. The van der Waals surface area contributed by atoms with Crippen LogP contribution in [0.5, 0.6) is 5.75 Å². The molecule has 2 heterocycles. The molecule has 5 nitrogen and oxygen atoms in total. The van der Waals surface area contributed by atoms with Gasteiger partial charge >= 0.3 is 0 Å². The molecule has 0 unspecified atom stereocenters. The smallest absolute Gasteiger partial charge is 0.205 e. The second kappa shape index (κ2) is 7.01. The Balaban J connectivity index is 1.80. The quantitative estimate of drug-likeness (QED) is 0.546.